The molecule has 0 saturated heterocycles. The third-order valence-corrected chi connectivity index (χ3v) is 6.79. The van der Waals surface area contributed by atoms with Gasteiger partial charge < -0.3 is 15.0 Å². The summed E-state index contributed by atoms with van der Waals surface area (Å²) in [5, 5.41) is 5.35. The second-order valence-corrected chi connectivity index (χ2v) is 9.47. The number of hydrogen-bond donors (Lipinski definition) is 1. The van der Waals surface area contributed by atoms with E-state index in [0.717, 1.165) is 0 Å². The van der Waals surface area contributed by atoms with Crippen LogP contribution in [0, 0.1) is 5.82 Å². The Labute approximate surface area is 209 Å². The molecule has 4 rings (SSSR count). The van der Waals surface area contributed by atoms with Crippen LogP contribution in [0.3, 0.4) is 0 Å². The van der Waals surface area contributed by atoms with Gasteiger partial charge in [-0.05, 0) is 48.9 Å². The van der Waals surface area contributed by atoms with E-state index in [-0.39, 0.29) is 24.5 Å². The molecule has 0 bridgehead atoms. The third-order valence-electron chi connectivity index (χ3n) is 5.90. The second kappa shape index (κ2) is 10.5. The van der Waals surface area contributed by atoms with Gasteiger partial charge in [0.25, 0.3) is 0 Å². The molecule has 1 atom stereocenters. The summed E-state index contributed by atoms with van der Waals surface area (Å²) in [4.78, 5) is 32.2. The summed E-state index contributed by atoms with van der Waals surface area (Å²) in [5.74, 6) is -0.810. The molecule has 8 heteroatoms. The summed E-state index contributed by atoms with van der Waals surface area (Å²) in [6, 6.07) is 13.3. The van der Waals surface area contributed by atoms with E-state index >= 15 is 4.39 Å². The van der Waals surface area contributed by atoms with Crippen molar-refractivity contribution in [2.75, 3.05) is 11.9 Å². The number of anilines is 1. The number of esters is 1. The van der Waals surface area contributed by atoms with Gasteiger partial charge in [-0.3, -0.25) is 4.79 Å². The summed E-state index contributed by atoms with van der Waals surface area (Å²) in [5.41, 5.74) is 3.58. The first-order valence-corrected chi connectivity index (χ1v) is 12.4. The van der Waals surface area contributed by atoms with Crippen LogP contribution in [0.2, 0.25) is 0 Å². The van der Waals surface area contributed by atoms with Crippen molar-refractivity contribution in [1.29, 1.82) is 0 Å². The summed E-state index contributed by atoms with van der Waals surface area (Å²) in [7, 11) is 0. The Hall–Kier alpha value is -3.39. The molecule has 2 aliphatic rings. The lowest BCUT2D eigenvalue weighted by Crippen LogP contribution is -2.38. The van der Waals surface area contributed by atoms with Crippen LogP contribution in [0.25, 0.3) is 0 Å². The minimum Gasteiger partial charge on any atom is -0.463 e. The fraction of sp³-hybridized carbons (Fsp3) is 0.296. The Balaban J connectivity index is 1.62. The number of allylic oxidation sites excluding steroid dienone is 1. The molecule has 2 aromatic carbocycles. The SMILES string of the molecule is CCOC(=O)C1=C(C)N=C2SC=C(CC(=O)Nc3ccc(C(C)C)cc3)N2C1c1ccccc1F. The number of hydrogen-bond acceptors (Lipinski definition) is 6. The fourth-order valence-electron chi connectivity index (χ4n) is 4.15. The molecule has 2 heterocycles. The van der Waals surface area contributed by atoms with Crippen molar-refractivity contribution in [3.8, 4) is 0 Å². The van der Waals surface area contributed by atoms with E-state index in [1.54, 1.807) is 36.9 Å². The molecule has 182 valence electrons. The number of thioether (sulfide) groups is 1. The van der Waals surface area contributed by atoms with Gasteiger partial charge in [0.1, 0.15) is 5.82 Å². The summed E-state index contributed by atoms with van der Waals surface area (Å²) < 4.78 is 20.3. The minimum atomic E-state index is -0.790. The molecule has 0 aromatic heterocycles. The summed E-state index contributed by atoms with van der Waals surface area (Å²) in [6.45, 7) is 7.85. The van der Waals surface area contributed by atoms with Crippen molar-refractivity contribution in [3.05, 3.63) is 87.9 Å². The highest BCUT2D eigenvalue weighted by molar-refractivity contribution is 8.16. The molecule has 2 aliphatic heterocycles. The lowest BCUT2D eigenvalue weighted by atomic mass is 9.93. The highest BCUT2D eigenvalue weighted by Crippen LogP contribution is 2.45. The van der Waals surface area contributed by atoms with Crippen LogP contribution < -0.4 is 5.32 Å². The van der Waals surface area contributed by atoms with Gasteiger partial charge in [-0.2, -0.15) is 0 Å². The Morgan fingerprint density at radius 1 is 1.17 bits per heavy atom. The maximum Gasteiger partial charge on any atom is 0.338 e. The van der Waals surface area contributed by atoms with Gasteiger partial charge in [0.15, 0.2) is 5.17 Å². The number of nitrogens with zero attached hydrogens (tertiary/aromatic N) is 2. The molecular formula is C27H28FN3O3S. The predicted molar refractivity (Wildman–Crippen MR) is 137 cm³/mol. The lowest BCUT2D eigenvalue weighted by molar-refractivity contribution is -0.139. The number of benzene rings is 2. The number of carbonyl (C=O) groups excluding carboxylic acids is 2. The maximum absolute atomic E-state index is 15.0. The summed E-state index contributed by atoms with van der Waals surface area (Å²) in [6.07, 6.45) is 0.0397. The molecule has 0 fully saturated rings. The molecule has 35 heavy (non-hydrogen) atoms. The zero-order valence-corrected chi connectivity index (χ0v) is 21.0. The fourth-order valence-corrected chi connectivity index (χ4v) is 5.12. The number of aliphatic imine (C=N–C) groups is 1. The lowest BCUT2D eigenvalue weighted by Gasteiger charge is -2.36. The number of nitrogens with one attached hydrogen (secondary N) is 1. The molecule has 6 nitrogen and oxygen atoms in total. The molecule has 0 radical (unpaired) electrons. The molecule has 1 N–H and O–H groups in total. The predicted octanol–water partition coefficient (Wildman–Crippen LogP) is 6.12. The quantitative estimate of drug-likeness (QED) is 0.471. The monoisotopic (exact) mass is 493 g/mol. The van der Waals surface area contributed by atoms with E-state index < -0.39 is 17.8 Å². The van der Waals surface area contributed by atoms with E-state index in [1.165, 1.54) is 23.4 Å². The van der Waals surface area contributed by atoms with Gasteiger partial charge >= 0.3 is 5.97 Å². The smallest absolute Gasteiger partial charge is 0.338 e. The van der Waals surface area contributed by atoms with Crippen molar-refractivity contribution in [1.82, 2.24) is 4.90 Å². The third kappa shape index (κ3) is 5.17. The average molecular weight is 494 g/mol. The minimum absolute atomic E-state index is 0.0397. The Bertz CT molecular complexity index is 1230. The normalized spacial score (nSPS) is 17.2. The molecule has 0 spiro atoms. The second-order valence-electron chi connectivity index (χ2n) is 8.64. The first-order chi connectivity index (χ1) is 16.8. The van der Waals surface area contributed by atoms with Gasteiger partial charge in [-0.1, -0.05) is 55.9 Å². The largest absolute Gasteiger partial charge is 0.463 e. The van der Waals surface area contributed by atoms with Crippen LogP contribution in [0.1, 0.15) is 57.2 Å². The number of ether oxygens (including phenoxy) is 1. The Morgan fingerprint density at radius 3 is 2.54 bits per heavy atom. The van der Waals surface area contributed by atoms with Gasteiger partial charge in [0.2, 0.25) is 5.91 Å². The van der Waals surface area contributed by atoms with Crippen molar-refractivity contribution in [3.63, 3.8) is 0 Å². The van der Waals surface area contributed by atoms with Gasteiger partial charge in [0, 0.05) is 16.9 Å². The number of amidine groups is 1. The highest BCUT2D eigenvalue weighted by atomic mass is 32.2. The van der Waals surface area contributed by atoms with Gasteiger partial charge in [0.05, 0.1) is 30.3 Å². The molecule has 0 saturated carbocycles. The van der Waals surface area contributed by atoms with Gasteiger partial charge in [-0.25, -0.2) is 14.2 Å². The number of rotatable bonds is 7. The van der Waals surface area contributed by atoms with Crippen LogP contribution in [0.5, 0.6) is 0 Å². The number of fused-ring (bicyclic) bond motifs is 1. The first-order valence-electron chi connectivity index (χ1n) is 11.6. The number of amides is 1. The Kier molecular flexibility index (Phi) is 7.40. The number of carbonyl (C=O) groups is 2. The summed E-state index contributed by atoms with van der Waals surface area (Å²) >= 11 is 1.35. The Morgan fingerprint density at radius 2 is 1.89 bits per heavy atom. The van der Waals surface area contributed by atoms with E-state index in [1.807, 2.05) is 29.7 Å². The van der Waals surface area contributed by atoms with Crippen LogP contribution in [-0.2, 0) is 14.3 Å². The zero-order chi connectivity index (χ0) is 25.1. The van der Waals surface area contributed by atoms with Crippen molar-refractivity contribution in [2.24, 2.45) is 4.99 Å². The molecule has 0 aliphatic carbocycles. The number of halogens is 1. The van der Waals surface area contributed by atoms with Crippen molar-refractivity contribution < 1.29 is 18.7 Å². The van der Waals surface area contributed by atoms with Gasteiger partial charge in [-0.15, -0.1) is 0 Å². The van der Waals surface area contributed by atoms with Crippen LogP contribution in [0.4, 0.5) is 10.1 Å². The topological polar surface area (TPSA) is 71.0 Å². The van der Waals surface area contributed by atoms with E-state index in [4.69, 9.17) is 4.74 Å². The van der Waals surface area contributed by atoms with E-state index in [0.29, 0.717) is 33.7 Å². The molecule has 1 amide bonds. The molecule has 2 aromatic rings. The molecular weight excluding hydrogens is 465 g/mol. The first kappa shape index (κ1) is 24.7. The van der Waals surface area contributed by atoms with Crippen LogP contribution >= 0.6 is 11.8 Å². The highest BCUT2D eigenvalue weighted by Gasteiger charge is 2.42. The van der Waals surface area contributed by atoms with E-state index in [2.05, 4.69) is 24.2 Å². The average Bonchev–Trinajstić information content (AvgIpc) is 3.20. The van der Waals surface area contributed by atoms with Crippen LogP contribution in [-0.4, -0.2) is 28.6 Å². The van der Waals surface area contributed by atoms with E-state index in [9.17, 15) is 9.59 Å². The standard InChI is InChI=1S/C27H28FN3O3S/c1-5-34-26(33)24-17(4)29-27-31(25(24)21-8-6-7-9-22(21)28)20(15-35-27)14-23(32)30-19-12-10-18(11-13-19)16(2)3/h6-13,15-16,25H,5,14H2,1-4H3,(H,30,32). The maximum atomic E-state index is 15.0. The van der Waals surface area contributed by atoms with Crippen molar-refractivity contribution in [2.45, 2.75) is 46.1 Å². The zero-order valence-electron chi connectivity index (χ0n) is 20.2. The van der Waals surface area contributed by atoms with Crippen LogP contribution in [0.15, 0.2) is 75.9 Å². The van der Waals surface area contributed by atoms with Crippen molar-refractivity contribution >= 4 is 34.5 Å². The molecule has 1 unspecified atom stereocenters.